The van der Waals surface area contributed by atoms with E-state index in [1.54, 1.807) is 0 Å². The smallest absolute Gasteiger partial charge is 0.257 e. The number of rotatable bonds is 6. The molecule has 1 atom stereocenters. The molecule has 1 N–H and O–H groups in total. The van der Waals surface area contributed by atoms with Crippen LogP contribution in [0.15, 0.2) is 12.4 Å². The van der Waals surface area contributed by atoms with Crippen molar-refractivity contribution in [1.29, 1.82) is 0 Å². The first-order chi connectivity index (χ1) is 8.81. The Kier molecular flexibility index (Phi) is 5.41. The van der Waals surface area contributed by atoms with E-state index in [9.17, 15) is 13.6 Å². The molecule has 0 aliphatic rings. The van der Waals surface area contributed by atoms with Gasteiger partial charge in [0.05, 0.1) is 17.9 Å². The number of carbonyl (C=O) groups excluding carboxylic acids is 1. The second kappa shape index (κ2) is 6.60. The lowest BCUT2D eigenvalue weighted by atomic mass is 10.0. The Morgan fingerprint density at radius 2 is 2.11 bits per heavy atom. The summed E-state index contributed by atoms with van der Waals surface area (Å²) >= 11 is 0. The fraction of sp³-hybridized carbons (Fsp3) is 0.667. The monoisotopic (exact) mass is 274 g/mol. The summed E-state index contributed by atoms with van der Waals surface area (Å²) in [7, 11) is 3.65. The third kappa shape index (κ3) is 4.59. The van der Waals surface area contributed by atoms with Crippen molar-refractivity contribution < 1.29 is 13.6 Å². The summed E-state index contributed by atoms with van der Waals surface area (Å²) in [4.78, 5) is 13.9. The van der Waals surface area contributed by atoms with Crippen LogP contribution in [0.2, 0.25) is 0 Å². The van der Waals surface area contributed by atoms with Crippen molar-refractivity contribution in [2.24, 2.45) is 5.92 Å². The third-order valence-electron chi connectivity index (χ3n) is 2.68. The number of anilines is 1. The molecule has 0 fully saturated rings. The van der Waals surface area contributed by atoms with Gasteiger partial charge in [-0.25, -0.2) is 8.78 Å². The van der Waals surface area contributed by atoms with Crippen LogP contribution in [0, 0.1) is 5.92 Å². The van der Waals surface area contributed by atoms with Gasteiger partial charge in [0.25, 0.3) is 6.43 Å². The van der Waals surface area contributed by atoms with Crippen LogP contribution >= 0.6 is 0 Å². The van der Waals surface area contributed by atoms with Gasteiger partial charge in [0.2, 0.25) is 5.91 Å². The molecule has 0 unspecified atom stereocenters. The Morgan fingerprint density at radius 1 is 1.47 bits per heavy atom. The van der Waals surface area contributed by atoms with E-state index in [0.29, 0.717) is 5.69 Å². The highest BCUT2D eigenvalue weighted by Gasteiger charge is 2.24. The lowest BCUT2D eigenvalue weighted by Crippen LogP contribution is -2.43. The number of nitrogens with zero attached hydrogens (tertiary/aromatic N) is 3. The molecule has 1 aromatic rings. The summed E-state index contributed by atoms with van der Waals surface area (Å²) in [6, 6.07) is -0.279. The Hall–Kier alpha value is -1.50. The molecule has 5 nitrogen and oxygen atoms in total. The minimum Gasteiger partial charge on any atom is -0.322 e. The molecule has 0 spiro atoms. The van der Waals surface area contributed by atoms with Gasteiger partial charge in [-0.15, -0.1) is 0 Å². The van der Waals surface area contributed by atoms with Gasteiger partial charge in [0.15, 0.2) is 0 Å². The minimum atomic E-state index is -2.46. The molecule has 1 rings (SSSR count). The zero-order valence-electron chi connectivity index (χ0n) is 11.6. The largest absolute Gasteiger partial charge is 0.322 e. The van der Waals surface area contributed by atoms with Crippen molar-refractivity contribution in [3.05, 3.63) is 12.4 Å². The van der Waals surface area contributed by atoms with Crippen molar-refractivity contribution in [1.82, 2.24) is 14.7 Å². The average molecular weight is 274 g/mol. The maximum absolute atomic E-state index is 12.2. The summed E-state index contributed by atoms with van der Waals surface area (Å²) in [5.74, 6) is -0.0253. The Bertz CT molecular complexity index is 410. The summed E-state index contributed by atoms with van der Waals surface area (Å²) in [5.41, 5.74) is 0.429. The van der Waals surface area contributed by atoms with Gasteiger partial charge in [-0.2, -0.15) is 5.10 Å². The number of amides is 1. The first-order valence-electron chi connectivity index (χ1n) is 6.09. The highest BCUT2D eigenvalue weighted by molar-refractivity contribution is 5.94. The van der Waals surface area contributed by atoms with E-state index in [0.717, 1.165) is 4.68 Å². The van der Waals surface area contributed by atoms with Crippen LogP contribution in [-0.4, -0.2) is 47.2 Å². The molecule has 0 aliphatic heterocycles. The second-order valence-electron chi connectivity index (χ2n) is 4.98. The lowest BCUT2D eigenvalue weighted by Gasteiger charge is -2.26. The quantitative estimate of drug-likeness (QED) is 0.858. The van der Waals surface area contributed by atoms with Gasteiger partial charge >= 0.3 is 0 Å². The van der Waals surface area contributed by atoms with E-state index < -0.39 is 13.0 Å². The van der Waals surface area contributed by atoms with Crippen LogP contribution in [0.3, 0.4) is 0 Å². The molecule has 0 radical (unpaired) electrons. The number of halogens is 2. The molecular formula is C12H20F2N4O. The van der Waals surface area contributed by atoms with Crippen LogP contribution in [0.5, 0.6) is 0 Å². The molecule has 7 heteroatoms. The van der Waals surface area contributed by atoms with E-state index in [1.165, 1.54) is 12.4 Å². The number of carbonyl (C=O) groups is 1. The Morgan fingerprint density at radius 3 is 2.58 bits per heavy atom. The highest BCUT2D eigenvalue weighted by Crippen LogP contribution is 2.12. The first-order valence-corrected chi connectivity index (χ1v) is 6.09. The van der Waals surface area contributed by atoms with Crippen LogP contribution < -0.4 is 5.32 Å². The van der Waals surface area contributed by atoms with Gasteiger partial charge < -0.3 is 5.32 Å². The van der Waals surface area contributed by atoms with Crippen LogP contribution in [0.25, 0.3) is 0 Å². The molecule has 1 amide bonds. The normalized spacial score (nSPS) is 13.3. The summed E-state index contributed by atoms with van der Waals surface area (Å²) in [5, 5.41) is 6.46. The van der Waals surface area contributed by atoms with Gasteiger partial charge in [0, 0.05) is 6.20 Å². The topological polar surface area (TPSA) is 50.2 Å². The molecule has 19 heavy (non-hydrogen) atoms. The molecule has 0 bridgehead atoms. The second-order valence-corrected chi connectivity index (χ2v) is 4.98. The predicted octanol–water partition coefficient (Wildman–Crippen LogP) is 1.67. The number of nitrogens with one attached hydrogen (secondary N) is 1. The number of alkyl halides is 2. The Labute approximate surface area is 111 Å². The number of hydrogen-bond donors (Lipinski definition) is 1. The van der Waals surface area contributed by atoms with Crippen molar-refractivity contribution in [2.45, 2.75) is 32.9 Å². The van der Waals surface area contributed by atoms with Crippen molar-refractivity contribution >= 4 is 11.6 Å². The number of hydrogen-bond acceptors (Lipinski definition) is 3. The van der Waals surface area contributed by atoms with E-state index in [1.807, 2.05) is 32.8 Å². The number of aromatic nitrogens is 2. The van der Waals surface area contributed by atoms with Gasteiger partial charge in [-0.1, -0.05) is 13.8 Å². The molecular weight excluding hydrogens is 254 g/mol. The minimum absolute atomic E-state index is 0.145. The van der Waals surface area contributed by atoms with E-state index in [2.05, 4.69) is 10.4 Å². The summed E-state index contributed by atoms with van der Waals surface area (Å²) in [6.45, 7) is 3.42. The van der Waals surface area contributed by atoms with E-state index in [4.69, 9.17) is 0 Å². The highest BCUT2D eigenvalue weighted by atomic mass is 19.3. The fourth-order valence-corrected chi connectivity index (χ4v) is 2.02. The van der Waals surface area contributed by atoms with Gasteiger partial charge in [-0.3, -0.25) is 14.4 Å². The number of likely N-dealkylation sites (N-methyl/N-ethyl adjacent to an activating group) is 1. The molecule has 0 saturated carbocycles. The molecule has 1 aromatic heterocycles. The summed E-state index contributed by atoms with van der Waals surface area (Å²) < 4.78 is 25.5. The van der Waals surface area contributed by atoms with Gasteiger partial charge in [0.1, 0.15) is 6.54 Å². The van der Waals surface area contributed by atoms with Crippen LogP contribution in [0.1, 0.15) is 13.8 Å². The average Bonchev–Trinajstić information content (AvgIpc) is 2.62. The molecule has 0 aliphatic carbocycles. The predicted molar refractivity (Wildman–Crippen MR) is 69.2 cm³/mol. The molecule has 1 heterocycles. The molecule has 0 saturated heterocycles. The lowest BCUT2D eigenvalue weighted by molar-refractivity contribution is -0.121. The standard InChI is InChI=1S/C12H20F2N4O/c1-8(2)11(17(3)4)12(19)16-9-5-15-18(6-9)7-10(13)14/h5-6,8,10-11H,7H2,1-4H3,(H,16,19)/t11-/m0/s1. The maximum Gasteiger partial charge on any atom is 0.257 e. The van der Waals surface area contributed by atoms with Crippen LogP contribution in [0.4, 0.5) is 14.5 Å². The van der Waals surface area contributed by atoms with Crippen molar-refractivity contribution in [3.8, 4) is 0 Å². The summed E-state index contributed by atoms with van der Waals surface area (Å²) in [6.07, 6.45) is 0.304. The molecule has 0 aromatic carbocycles. The SMILES string of the molecule is CC(C)[C@@H](C(=O)Nc1cnn(CC(F)F)c1)N(C)C. The zero-order valence-corrected chi connectivity index (χ0v) is 11.6. The third-order valence-corrected chi connectivity index (χ3v) is 2.68. The van der Waals surface area contributed by atoms with E-state index >= 15 is 0 Å². The maximum atomic E-state index is 12.2. The van der Waals surface area contributed by atoms with Crippen molar-refractivity contribution in [2.75, 3.05) is 19.4 Å². The zero-order chi connectivity index (χ0) is 14.6. The molecule has 108 valence electrons. The van der Waals surface area contributed by atoms with Crippen LogP contribution in [-0.2, 0) is 11.3 Å². The Balaban J connectivity index is 2.68. The first kappa shape index (κ1) is 15.6. The van der Waals surface area contributed by atoms with Crippen molar-refractivity contribution in [3.63, 3.8) is 0 Å². The fourth-order valence-electron chi connectivity index (χ4n) is 2.02. The van der Waals surface area contributed by atoms with E-state index in [-0.39, 0.29) is 17.9 Å². The van der Waals surface area contributed by atoms with Gasteiger partial charge in [-0.05, 0) is 20.0 Å².